The fourth-order valence-corrected chi connectivity index (χ4v) is 5.39. The van der Waals surface area contributed by atoms with Crippen LogP contribution in [0.15, 0.2) is 47.5 Å². The Bertz CT molecular complexity index is 1460. The third-order valence-electron chi connectivity index (χ3n) is 8.04. The number of primary amides is 1. The summed E-state index contributed by atoms with van der Waals surface area (Å²) in [6, 6.07) is 7.28. The Kier molecular flexibility index (Phi) is 14.2. The molecule has 0 aliphatic carbocycles. The smallest absolute Gasteiger partial charge is 0.321 e. The number of nitrogens with zero attached hydrogens (tertiary/aromatic N) is 1. The molecule has 15 nitrogen and oxygen atoms in total. The molecule has 1 heterocycles. The molecule has 15 heteroatoms. The summed E-state index contributed by atoms with van der Waals surface area (Å²) in [4.78, 5) is 69.4. The van der Waals surface area contributed by atoms with Gasteiger partial charge in [0.2, 0.25) is 23.6 Å². The number of aromatic hydroxyl groups is 1. The van der Waals surface area contributed by atoms with Gasteiger partial charge < -0.3 is 43.6 Å². The van der Waals surface area contributed by atoms with Gasteiger partial charge in [-0.25, -0.2) is 4.79 Å². The Morgan fingerprint density at radius 1 is 1.00 bits per heavy atom. The SMILES string of the molecule is Cc1cc(O)cc(C)c1C[C@@H]1NC(=O)[C@H](N)CCCN=C(N)NC(=O)NCCCCC(C(=O)N[C@@H](Cc2ccccc2)C(N)=O)NC1=O. The van der Waals surface area contributed by atoms with Crippen molar-refractivity contribution in [1.29, 1.82) is 0 Å². The second kappa shape index (κ2) is 18.2. The van der Waals surface area contributed by atoms with Crippen molar-refractivity contribution in [2.75, 3.05) is 13.1 Å². The molecule has 0 radical (unpaired) electrons. The lowest BCUT2D eigenvalue weighted by atomic mass is 9.95. The van der Waals surface area contributed by atoms with Crippen molar-refractivity contribution < 1.29 is 29.1 Å². The zero-order valence-electron chi connectivity index (χ0n) is 27.4. The van der Waals surface area contributed by atoms with E-state index in [1.54, 1.807) is 50.2 Å². The van der Waals surface area contributed by atoms with E-state index in [2.05, 4.69) is 31.6 Å². The van der Waals surface area contributed by atoms with E-state index in [1.165, 1.54) is 0 Å². The van der Waals surface area contributed by atoms with Gasteiger partial charge in [0.15, 0.2) is 5.96 Å². The van der Waals surface area contributed by atoms with E-state index >= 15 is 0 Å². The normalized spacial score (nSPS) is 21.0. The number of hydrogen-bond acceptors (Lipinski definition) is 9. The Labute approximate surface area is 279 Å². The standard InChI is InChI=1S/C33H47N9O6/c1-19-15-22(43)16-20(2)23(19)18-27-31(47)39-25(30(46)40-26(28(35)44)17-21-9-4-3-5-10-21)12-6-7-13-38-33(48)42-32(36)37-14-8-11-24(34)29(45)41-27/h3-5,9-10,15-16,24-27,43H,6-8,11-14,17-18,34H2,1-2H3,(H2,35,44)(H,39,47)(H,40,46)(H,41,45)(H4,36,37,38,42,48)/t24-,25?,26+,27+/m1/s1. The Balaban J connectivity index is 1.90. The molecule has 4 atom stereocenters. The molecule has 48 heavy (non-hydrogen) atoms. The number of phenolic OH excluding ortho intramolecular Hbond substituents is 1. The molecule has 0 fully saturated rings. The van der Waals surface area contributed by atoms with E-state index in [9.17, 15) is 29.1 Å². The number of nitrogens with two attached hydrogens (primary N) is 3. The maximum atomic E-state index is 13.9. The first-order valence-electron chi connectivity index (χ1n) is 16.0. The summed E-state index contributed by atoms with van der Waals surface area (Å²) in [7, 11) is 0. The Morgan fingerprint density at radius 2 is 1.69 bits per heavy atom. The Hall–Kier alpha value is -5.18. The molecule has 1 aliphatic heterocycles. The highest BCUT2D eigenvalue weighted by molar-refractivity contribution is 5.96. The van der Waals surface area contributed by atoms with Crippen LogP contribution < -0.4 is 43.8 Å². The predicted molar refractivity (Wildman–Crippen MR) is 181 cm³/mol. The number of urea groups is 1. The van der Waals surface area contributed by atoms with Gasteiger partial charge in [-0.15, -0.1) is 0 Å². The lowest BCUT2D eigenvalue weighted by Gasteiger charge is -2.26. The highest BCUT2D eigenvalue weighted by atomic mass is 16.3. The van der Waals surface area contributed by atoms with Crippen LogP contribution in [-0.2, 0) is 32.0 Å². The number of rotatable bonds is 7. The predicted octanol–water partition coefficient (Wildman–Crippen LogP) is -0.361. The van der Waals surface area contributed by atoms with Crippen molar-refractivity contribution in [1.82, 2.24) is 26.6 Å². The van der Waals surface area contributed by atoms with Crippen molar-refractivity contribution >= 4 is 35.6 Å². The molecule has 12 N–H and O–H groups in total. The van der Waals surface area contributed by atoms with E-state index in [-0.39, 0.29) is 50.5 Å². The third kappa shape index (κ3) is 11.9. The maximum absolute atomic E-state index is 13.9. The minimum atomic E-state index is -1.14. The number of nitrogens with one attached hydrogen (secondary N) is 5. The molecular formula is C33H47N9O6. The van der Waals surface area contributed by atoms with Gasteiger partial charge in [0.1, 0.15) is 23.9 Å². The van der Waals surface area contributed by atoms with Crippen LogP contribution >= 0.6 is 0 Å². The number of hydrogen-bond donors (Lipinski definition) is 9. The number of benzene rings is 2. The summed E-state index contributed by atoms with van der Waals surface area (Å²) < 4.78 is 0. The first kappa shape index (κ1) is 37.3. The van der Waals surface area contributed by atoms with Gasteiger partial charge in [-0.1, -0.05) is 30.3 Å². The molecule has 0 saturated carbocycles. The average Bonchev–Trinajstić information content (AvgIpc) is 3.02. The maximum Gasteiger partial charge on any atom is 0.321 e. The first-order valence-corrected chi connectivity index (χ1v) is 16.0. The molecule has 2 aromatic rings. The van der Waals surface area contributed by atoms with E-state index in [0.29, 0.717) is 30.4 Å². The molecule has 6 amide bonds. The number of carbonyl (C=O) groups excluding carboxylic acids is 5. The highest BCUT2D eigenvalue weighted by Crippen LogP contribution is 2.22. The van der Waals surface area contributed by atoms with Crippen molar-refractivity contribution in [3.8, 4) is 5.75 Å². The minimum Gasteiger partial charge on any atom is -0.508 e. The first-order chi connectivity index (χ1) is 22.8. The summed E-state index contributed by atoms with van der Waals surface area (Å²) in [5, 5.41) is 23.3. The minimum absolute atomic E-state index is 0.0486. The quantitative estimate of drug-likeness (QED) is 0.188. The molecule has 2 aromatic carbocycles. The van der Waals surface area contributed by atoms with Gasteiger partial charge in [0.25, 0.3) is 0 Å². The van der Waals surface area contributed by atoms with Gasteiger partial charge in [-0.3, -0.25) is 29.5 Å². The fourth-order valence-electron chi connectivity index (χ4n) is 5.39. The van der Waals surface area contributed by atoms with Gasteiger partial charge in [-0.2, -0.15) is 0 Å². The zero-order chi connectivity index (χ0) is 35.2. The number of guanidine groups is 1. The Morgan fingerprint density at radius 3 is 2.35 bits per heavy atom. The van der Waals surface area contributed by atoms with Gasteiger partial charge in [0, 0.05) is 25.9 Å². The van der Waals surface area contributed by atoms with Crippen LogP contribution in [0, 0.1) is 13.8 Å². The van der Waals surface area contributed by atoms with Crippen LogP contribution in [-0.4, -0.2) is 78.0 Å². The van der Waals surface area contributed by atoms with E-state index in [1.807, 2.05) is 6.07 Å². The monoisotopic (exact) mass is 665 g/mol. The summed E-state index contributed by atoms with van der Waals surface area (Å²) >= 11 is 0. The topological polar surface area (TPSA) is 256 Å². The van der Waals surface area contributed by atoms with Crippen molar-refractivity contribution in [3.63, 3.8) is 0 Å². The molecule has 1 aliphatic rings. The van der Waals surface area contributed by atoms with Crippen LogP contribution in [0.1, 0.15) is 54.4 Å². The van der Waals surface area contributed by atoms with Crippen molar-refractivity contribution in [2.24, 2.45) is 22.2 Å². The number of aryl methyl sites for hydroxylation is 2. The second-order valence-corrected chi connectivity index (χ2v) is 11.9. The molecule has 3 rings (SSSR count). The van der Waals surface area contributed by atoms with Crippen molar-refractivity contribution in [2.45, 2.75) is 83.0 Å². The molecule has 0 saturated heterocycles. The molecule has 0 aromatic heterocycles. The third-order valence-corrected chi connectivity index (χ3v) is 8.04. The lowest BCUT2D eigenvalue weighted by molar-refractivity contribution is -0.133. The lowest BCUT2D eigenvalue weighted by Crippen LogP contribution is -2.58. The molecule has 1 unspecified atom stereocenters. The molecular weight excluding hydrogens is 618 g/mol. The summed E-state index contributed by atoms with van der Waals surface area (Å²) in [5.74, 6) is -2.64. The average molecular weight is 666 g/mol. The number of phenols is 1. The van der Waals surface area contributed by atoms with Gasteiger partial charge >= 0.3 is 6.03 Å². The number of amides is 6. The highest BCUT2D eigenvalue weighted by Gasteiger charge is 2.31. The van der Waals surface area contributed by atoms with Crippen LogP contribution in [0.3, 0.4) is 0 Å². The van der Waals surface area contributed by atoms with Crippen LogP contribution in [0.25, 0.3) is 0 Å². The van der Waals surface area contributed by atoms with Crippen molar-refractivity contribution in [3.05, 3.63) is 64.7 Å². The molecule has 0 bridgehead atoms. The van der Waals surface area contributed by atoms with Crippen LogP contribution in [0.4, 0.5) is 4.79 Å². The van der Waals surface area contributed by atoms with Gasteiger partial charge in [0.05, 0.1) is 6.04 Å². The van der Waals surface area contributed by atoms with E-state index in [4.69, 9.17) is 17.2 Å². The summed E-state index contributed by atoms with van der Waals surface area (Å²) in [6.07, 6.45) is 1.74. The molecule has 260 valence electrons. The second-order valence-electron chi connectivity index (χ2n) is 11.9. The largest absolute Gasteiger partial charge is 0.508 e. The summed E-state index contributed by atoms with van der Waals surface area (Å²) in [6.45, 7) is 4.01. The zero-order valence-corrected chi connectivity index (χ0v) is 27.4. The van der Waals surface area contributed by atoms with Crippen LogP contribution in [0.2, 0.25) is 0 Å². The van der Waals surface area contributed by atoms with E-state index in [0.717, 1.165) is 11.1 Å². The molecule has 0 spiro atoms. The van der Waals surface area contributed by atoms with E-state index < -0.39 is 53.8 Å². The summed E-state index contributed by atoms with van der Waals surface area (Å²) in [5.41, 5.74) is 20.5. The number of carbonyl (C=O) groups is 5. The number of aliphatic imine (C=N–C) groups is 1. The fraction of sp³-hybridized carbons (Fsp3) is 0.455. The van der Waals surface area contributed by atoms with Gasteiger partial charge in [-0.05, 0) is 80.3 Å². The van der Waals surface area contributed by atoms with Crippen LogP contribution in [0.5, 0.6) is 5.75 Å².